The largest absolute Gasteiger partial charge is 0.478 e. The van der Waals surface area contributed by atoms with E-state index < -0.39 is 5.97 Å². The highest BCUT2D eigenvalue weighted by atomic mass is 16.4. The Labute approximate surface area is 106 Å². The fourth-order valence-corrected chi connectivity index (χ4v) is 0. The Hall–Kier alpha value is -1.03. The number of carbonyl (C=O) groups is 1. The molecule has 0 aromatic heterocycles. The first-order chi connectivity index (χ1) is 8.39. The third-order valence-electron chi connectivity index (χ3n) is 0.665. The molecule has 0 saturated heterocycles. The van der Waals surface area contributed by atoms with Gasteiger partial charge in [-0.15, -0.1) is 0 Å². The van der Waals surface area contributed by atoms with Crippen molar-refractivity contribution in [2.24, 2.45) is 0 Å². The predicted molar refractivity (Wildman–Crippen MR) is 65.0 cm³/mol. The summed E-state index contributed by atoms with van der Waals surface area (Å²) in [5, 5.41) is 53.6. The van der Waals surface area contributed by atoms with Gasteiger partial charge in [0.15, 0.2) is 0 Å². The van der Waals surface area contributed by atoms with E-state index in [1.165, 1.54) is 6.92 Å². The molecule has 0 atom stereocenters. The van der Waals surface area contributed by atoms with Gasteiger partial charge in [-0.1, -0.05) is 6.58 Å². The maximum Gasteiger partial charge on any atom is 0.330 e. The fraction of sp³-hybridized carbons (Fsp3) is 0.700. The molecule has 0 bridgehead atoms. The number of aliphatic carboxylic acids is 1. The zero-order valence-corrected chi connectivity index (χ0v) is 10.5. The molecular formula is C10H24O8. The second-order valence-corrected chi connectivity index (χ2v) is 2.43. The summed E-state index contributed by atoms with van der Waals surface area (Å²) in [5.74, 6) is -0.935. The van der Waals surface area contributed by atoms with Gasteiger partial charge in [0.1, 0.15) is 0 Å². The van der Waals surface area contributed by atoms with E-state index in [-0.39, 0.29) is 45.2 Å². The van der Waals surface area contributed by atoms with Crippen LogP contribution in [0.5, 0.6) is 0 Å². The molecule has 7 N–H and O–H groups in total. The van der Waals surface area contributed by atoms with Gasteiger partial charge in [-0.2, -0.15) is 0 Å². The number of carboxylic acids is 1. The van der Waals surface area contributed by atoms with Crippen LogP contribution < -0.4 is 0 Å². The Balaban J connectivity index is -0.0000000742. The summed E-state index contributed by atoms with van der Waals surface area (Å²) in [6.07, 6.45) is 0. The molecule has 0 aromatic rings. The van der Waals surface area contributed by atoms with E-state index in [0.29, 0.717) is 0 Å². The zero-order valence-electron chi connectivity index (χ0n) is 10.5. The van der Waals surface area contributed by atoms with Gasteiger partial charge in [-0.3, -0.25) is 0 Å². The van der Waals surface area contributed by atoms with E-state index in [9.17, 15) is 4.79 Å². The Bertz CT molecular complexity index is 132. The maximum absolute atomic E-state index is 9.60. The first kappa shape index (κ1) is 25.7. The zero-order chi connectivity index (χ0) is 15.4. The van der Waals surface area contributed by atoms with Crippen LogP contribution in [0.1, 0.15) is 6.92 Å². The summed E-state index contributed by atoms with van der Waals surface area (Å²) < 4.78 is 0. The van der Waals surface area contributed by atoms with Gasteiger partial charge in [-0.05, 0) is 6.92 Å². The third kappa shape index (κ3) is 82.0. The van der Waals surface area contributed by atoms with E-state index in [4.69, 9.17) is 35.7 Å². The molecule has 18 heavy (non-hydrogen) atoms. The number of hydrogen-bond donors (Lipinski definition) is 7. The van der Waals surface area contributed by atoms with E-state index >= 15 is 0 Å². The molecular weight excluding hydrogens is 248 g/mol. The van der Waals surface area contributed by atoms with Crippen molar-refractivity contribution < 1.29 is 40.5 Å². The van der Waals surface area contributed by atoms with Crippen LogP contribution in [0, 0.1) is 0 Å². The van der Waals surface area contributed by atoms with Crippen molar-refractivity contribution in [2.45, 2.75) is 6.92 Å². The predicted octanol–water partition coefficient (Wildman–Crippen LogP) is -2.44. The van der Waals surface area contributed by atoms with Crippen LogP contribution in [-0.4, -0.2) is 81.4 Å². The van der Waals surface area contributed by atoms with Crippen molar-refractivity contribution >= 4 is 5.97 Å². The molecule has 0 spiro atoms. The number of rotatable bonds is 4. The van der Waals surface area contributed by atoms with E-state index in [2.05, 4.69) is 6.58 Å². The fourth-order valence-electron chi connectivity index (χ4n) is 0. The smallest absolute Gasteiger partial charge is 0.330 e. The topological polar surface area (TPSA) is 159 Å². The van der Waals surface area contributed by atoms with Crippen molar-refractivity contribution in [3.8, 4) is 0 Å². The van der Waals surface area contributed by atoms with Gasteiger partial charge < -0.3 is 35.7 Å². The Morgan fingerprint density at radius 1 is 0.778 bits per heavy atom. The SMILES string of the molecule is C=C(C)C(=O)O.OCCO.OCCO.OCCO. The molecule has 0 aliphatic carbocycles. The molecule has 8 heteroatoms. The minimum absolute atomic E-state index is 0.125. The second-order valence-electron chi connectivity index (χ2n) is 2.43. The van der Waals surface area contributed by atoms with Crippen molar-refractivity contribution in [3.05, 3.63) is 12.2 Å². The number of aliphatic hydroxyl groups excluding tert-OH is 6. The van der Waals surface area contributed by atoms with Crippen LogP contribution in [0.15, 0.2) is 12.2 Å². The molecule has 0 aliphatic rings. The molecule has 0 radical (unpaired) electrons. The van der Waals surface area contributed by atoms with E-state index in [1.54, 1.807) is 0 Å². The molecule has 0 heterocycles. The lowest BCUT2D eigenvalue weighted by molar-refractivity contribution is -0.132. The van der Waals surface area contributed by atoms with Crippen molar-refractivity contribution in [1.29, 1.82) is 0 Å². The van der Waals surface area contributed by atoms with Crippen molar-refractivity contribution in [2.75, 3.05) is 39.6 Å². The van der Waals surface area contributed by atoms with Crippen LogP contribution in [0.4, 0.5) is 0 Å². The van der Waals surface area contributed by atoms with Gasteiger partial charge >= 0.3 is 5.97 Å². The molecule has 112 valence electrons. The lowest BCUT2D eigenvalue weighted by Gasteiger charge is -1.79. The Morgan fingerprint density at radius 3 is 0.889 bits per heavy atom. The van der Waals surface area contributed by atoms with Gasteiger partial charge in [0, 0.05) is 5.57 Å². The van der Waals surface area contributed by atoms with Gasteiger partial charge in [0.25, 0.3) is 0 Å². The molecule has 0 aromatic carbocycles. The monoisotopic (exact) mass is 272 g/mol. The summed E-state index contributed by atoms with van der Waals surface area (Å²) >= 11 is 0. The second kappa shape index (κ2) is 29.7. The maximum atomic E-state index is 9.60. The lowest BCUT2D eigenvalue weighted by atomic mass is 10.4. The highest BCUT2D eigenvalue weighted by Gasteiger charge is 1.90. The van der Waals surface area contributed by atoms with Gasteiger partial charge in [0.05, 0.1) is 39.6 Å². The number of hydrogen-bond acceptors (Lipinski definition) is 7. The first-order valence-electron chi connectivity index (χ1n) is 4.93. The standard InChI is InChI=1S/C4H6O2.3C2H6O2/c1-3(2)4(5)6;3*3-1-2-4/h1H2,2H3,(H,5,6);3*3-4H,1-2H2. The molecule has 0 amide bonds. The normalized spacial score (nSPS) is 7.50. The molecule has 0 saturated carbocycles. The van der Waals surface area contributed by atoms with Gasteiger partial charge in [-0.25, -0.2) is 4.79 Å². The Kier molecular flexibility index (Phi) is 42.5. The quantitative estimate of drug-likeness (QED) is 0.278. The summed E-state index contributed by atoms with van der Waals surface area (Å²) in [4.78, 5) is 9.60. The summed E-state index contributed by atoms with van der Waals surface area (Å²) in [6.45, 7) is 3.85. The average Bonchev–Trinajstić information content (AvgIpc) is 2.39. The van der Waals surface area contributed by atoms with Crippen LogP contribution in [0.2, 0.25) is 0 Å². The summed E-state index contributed by atoms with van der Waals surface area (Å²) in [6, 6.07) is 0. The van der Waals surface area contributed by atoms with Crippen molar-refractivity contribution in [3.63, 3.8) is 0 Å². The van der Waals surface area contributed by atoms with E-state index in [1.807, 2.05) is 0 Å². The minimum atomic E-state index is -0.935. The summed E-state index contributed by atoms with van der Waals surface area (Å²) in [5.41, 5.74) is 0.176. The lowest BCUT2D eigenvalue weighted by Crippen LogP contribution is -1.92. The molecule has 0 fully saturated rings. The Morgan fingerprint density at radius 2 is 0.889 bits per heavy atom. The van der Waals surface area contributed by atoms with Gasteiger partial charge in [0.2, 0.25) is 0 Å². The number of carboxylic acid groups (broad SMARTS) is 1. The average molecular weight is 272 g/mol. The van der Waals surface area contributed by atoms with Crippen molar-refractivity contribution in [1.82, 2.24) is 0 Å². The van der Waals surface area contributed by atoms with Crippen LogP contribution in [0.25, 0.3) is 0 Å². The van der Waals surface area contributed by atoms with E-state index in [0.717, 1.165) is 0 Å². The van der Waals surface area contributed by atoms with Crippen LogP contribution in [0.3, 0.4) is 0 Å². The molecule has 0 aliphatic heterocycles. The third-order valence-corrected chi connectivity index (χ3v) is 0.665. The molecule has 0 rings (SSSR count). The first-order valence-corrected chi connectivity index (χ1v) is 4.93. The number of aliphatic hydroxyl groups is 6. The van der Waals surface area contributed by atoms with Crippen LogP contribution >= 0.6 is 0 Å². The van der Waals surface area contributed by atoms with Crippen LogP contribution in [-0.2, 0) is 4.79 Å². The minimum Gasteiger partial charge on any atom is -0.478 e. The molecule has 0 unspecified atom stereocenters. The highest BCUT2D eigenvalue weighted by Crippen LogP contribution is 1.81. The molecule has 8 nitrogen and oxygen atoms in total. The highest BCUT2D eigenvalue weighted by molar-refractivity contribution is 5.84. The summed E-state index contributed by atoms with van der Waals surface area (Å²) in [7, 11) is 0.